The van der Waals surface area contributed by atoms with Gasteiger partial charge in [-0.25, -0.2) is 0 Å². The summed E-state index contributed by atoms with van der Waals surface area (Å²) in [5.74, 6) is 3.79. The van der Waals surface area contributed by atoms with E-state index in [9.17, 15) is 4.79 Å². The van der Waals surface area contributed by atoms with Crippen molar-refractivity contribution in [2.75, 3.05) is 0 Å². The van der Waals surface area contributed by atoms with Crippen LogP contribution in [0.1, 0.15) is 58.8 Å². The second-order valence-corrected chi connectivity index (χ2v) is 8.97. The van der Waals surface area contributed by atoms with Crippen LogP contribution in [0.5, 0.6) is 0 Å². The Morgan fingerprint density at radius 1 is 1.10 bits per heavy atom. The van der Waals surface area contributed by atoms with E-state index in [0.29, 0.717) is 28.4 Å². The summed E-state index contributed by atoms with van der Waals surface area (Å²) >= 11 is 0. The molecule has 4 fully saturated rings. The molecule has 108 valence electrons. The second-order valence-electron chi connectivity index (χ2n) is 8.97. The number of rotatable bonds is 0. The van der Waals surface area contributed by atoms with Crippen molar-refractivity contribution >= 4 is 5.78 Å². The molecule has 0 heterocycles. The van der Waals surface area contributed by atoms with Crippen LogP contribution >= 0.6 is 0 Å². The smallest absolute Gasteiger partial charge is 0.139 e. The fourth-order valence-electron chi connectivity index (χ4n) is 7.30. The SMILES string of the molecule is CC12CCC3C(C=CC45C[C@H]4CCC35C)C1CCC2=O. The third kappa shape index (κ3) is 1.06. The number of Topliss-reactive ketones (excluding diaryl/α,β-unsaturated/α-hetero) is 1. The molecule has 0 aromatic carbocycles. The van der Waals surface area contributed by atoms with Crippen LogP contribution in [0.3, 0.4) is 0 Å². The fourth-order valence-corrected chi connectivity index (χ4v) is 7.30. The van der Waals surface area contributed by atoms with Crippen molar-refractivity contribution in [3.05, 3.63) is 12.2 Å². The van der Waals surface area contributed by atoms with E-state index in [2.05, 4.69) is 26.0 Å². The Morgan fingerprint density at radius 3 is 2.75 bits per heavy atom. The van der Waals surface area contributed by atoms with Crippen LogP contribution in [-0.2, 0) is 4.79 Å². The Morgan fingerprint density at radius 2 is 1.95 bits per heavy atom. The van der Waals surface area contributed by atoms with E-state index in [1.165, 1.54) is 32.1 Å². The molecular formula is C19H26O. The Hall–Kier alpha value is -0.590. The van der Waals surface area contributed by atoms with E-state index >= 15 is 0 Å². The van der Waals surface area contributed by atoms with Gasteiger partial charge in [-0.3, -0.25) is 4.79 Å². The van der Waals surface area contributed by atoms with Gasteiger partial charge in [0.25, 0.3) is 0 Å². The van der Waals surface area contributed by atoms with Gasteiger partial charge < -0.3 is 0 Å². The van der Waals surface area contributed by atoms with Gasteiger partial charge in [0.05, 0.1) is 0 Å². The van der Waals surface area contributed by atoms with Crippen molar-refractivity contribution in [1.29, 1.82) is 0 Å². The molecule has 0 saturated heterocycles. The quantitative estimate of drug-likeness (QED) is 0.597. The standard InChI is InChI=1S/C19H26O/c1-17-8-7-15-13(14(17)3-4-16(17)20)6-10-19-11-12(19)5-9-18(15,19)2/h6,10,12-15H,3-5,7-9,11H2,1-2H3/t12-,13?,14?,15?,17?,18?,19?/m1/s1. The number of fused-ring (bicyclic) bond motifs is 4. The minimum Gasteiger partial charge on any atom is -0.299 e. The minimum absolute atomic E-state index is 0.0218. The van der Waals surface area contributed by atoms with Gasteiger partial charge in [0.15, 0.2) is 0 Å². The highest BCUT2D eigenvalue weighted by Gasteiger charge is 2.72. The normalized spacial score (nSPS) is 62.6. The molecule has 5 aliphatic carbocycles. The summed E-state index contributed by atoms with van der Waals surface area (Å²) in [5, 5.41) is 0. The predicted octanol–water partition coefficient (Wildman–Crippen LogP) is 4.37. The number of carbonyl (C=O) groups is 1. The first-order chi connectivity index (χ1) is 9.51. The monoisotopic (exact) mass is 270 g/mol. The lowest BCUT2D eigenvalue weighted by molar-refractivity contribution is -0.131. The number of carbonyl (C=O) groups excluding carboxylic acids is 1. The average Bonchev–Trinajstić information content (AvgIpc) is 2.96. The van der Waals surface area contributed by atoms with Gasteiger partial charge in [-0.2, -0.15) is 0 Å². The van der Waals surface area contributed by atoms with Gasteiger partial charge in [0.1, 0.15) is 5.78 Å². The molecular weight excluding hydrogens is 244 g/mol. The van der Waals surface area contributed by atoms with E-state index < -0.39 is 0 Å². The lowest BCUT2D eigenvalue weighted by Gasteiger charge is -2.55. The van der Waals surface area contributed by atoms with Crippen molar-refractivity contribution in [1.82, 2.24) is 0 Å². The van der Waals surface area contributed by atoms with Crippen molar-refractivity contribution in [2.45, 2.75) is 58.8 Å². The lowest BCUT2D eigenvalue weighted by atomic mass is 9.49. The number of ketones is 1. The topological polar surface area (TPSA) is 17.1 Å². The van der Waals surface area contributed by atoms with Gasteiger partial charge in [-0.1, -0.05) is 26.0 Å². The Bertz CT molecular complexity index is 534. The van der Waals surface area contributed by atoms with Crippen LogP contribution in [0.2, 0.25) is 0 Å². The molecule has 0 aliphatic heterocycles. The number of hydrogen-bond acceptors (Lipinski definition) is 1. The molecule has 1 nitrogen and oxygen atoms in total. The maximum atomic E-state index is 12.4. The maximum absolute atomic E-state index is 12.4. The molecule has 7 atom stereocenters. The lowest BCUT2D eigenvalue weighted by Crippen LogP contribution is -2.50. The third-order valence-electron chi connectivity index (χ3n) is 8.70. The molecule has 1 heteroatoms. The van der Waals surface area contributed by atoms with E-state index in [4.69, 9.17) is 0 Å². The highest BCUT2D eigenvalue weighted by molar-refractivity contribution is 5.87. The molecule has 0 aromatic heterocycles. The highest BCUT2D eigenvalue weighted by atomic mass is 16.1. The van der Waals surface area contributed by atoms with Crippen LogP contribution in [-0.4, -0.2) is 5.78 Å². The van der Waals surface area contributed by atoms with Gasteiger partial charge in [-0.15, -0.1) is 0 Å². The summed E-state index contributed by atoms with van der Waals surface area (Å²) in [6, 6.07) is 0. The summed E-state index contributed by atoms with van der Waals surface area (Å²) in [6.07, 6.45) is 14.1. The molecule has 20 heavy (non-hydrogen) atoms. The summed E-state index contributed by atoms with van der Waals surface area (Å²) in [6.45, 7) is 4.87. The maximum Gasteiger partial charge on any atom is 0.139 e. The Balaban J connectivity index is 1.59. The molecule has 0 radical (unpaired) electrons. The van der Waals surface area contributed by atoms with Crippen molar-refractivity contribution in [3.63, 3.8) is 0 Å². The Kier molecular flexibility index (Phi) is 1.95. The summed E-state index contributed by atoms with van der Waals surface area (Å²) in [5.41, 5.74) is 1.17. The molecule has 5 aliphatic rings. The van der Waals surface area contributed by atoms with Crippen LogP contribution in [0.4, 0.5) is 0 Å². The minimum atomic E-state index is 0.0218. The molecule has 0 N–H and O–H groups in total. The molecule has 5 rings (SSSR count). The average molecular weight is 270 g/mol. The molecule has 0 amide bonds. The van der Waals surface area contributed by atoms with Gasteiger partial charge in [0, 0.05) is 11.8 Å². The van der Waals surface area contributed by atoms with E-state index in [1.807, 2.05) is 0 Å². The Labute approximate surface area is 122 Å². The third-order valence-corrected chi connectivity index (χ3v) is 8.70. The van der Waals surface area contributed by atoms with Crippen molar-refractivity contribution < 1.29 is 4.79 Å². The van der Waals surface area contributed by atoms with Gasteiger partial charge >= 0.3 is 0 Å². The van der Waals surface area contributed by atoms with E-state index in [0.717, 1.165) is 24.7 Å². The zero-order chi connectivity index (χ0) is 13.8. The zero-order valence-corrected chi connectivity index (χ0v) is 12.8. The van der Waals surface area contributed by atoms with E-state index in [1.54, 1.807) is 0 Å². The van der Waals surface area contributed by atoms with Gasteiger partial charge in [0.2, 0.25) is 0 Å². The molecule has 4 saturated carbocycles. The van der Waals surface area contributed by atoms with Crippen LogP contribution in [0, 0.1) is 39.9 Å². The fraction of sp³-hybridized carbons (Fsp3) is 0.842. The number of hydrogen-bond donors (Lipinski definition) is 0. The summed E-state index contributed by atoms with van der Waals surface area (Å²) in [7, 11) is 0. The van der Waals surface area contributed by atoms with Crippen molar-refractivity contribution in [2.24, 2.45) is 39.9 Å². The first kappa shape index (κ1) is 12.0. The highest BCUT2D eigenvalue weighted by Crippen LogP contribution is 2.79. The summed E-state index contributed by atoms with van der Waals surface area (Å²) < 4.78 is 0. The zero-order valence-electron chi connectivity index (χ0n) is 12.8. The van der Waals surface area contributed by atoms with Gasteiger partial charge in [-0.05, 0) is 73.0 Å². The molecule has 0 bridgehead atoms. The summed E-state index contributed by atoms with van der Waals surface area (Å²) in [4.78, 5) is 12.4. The first-order valence-corrected chi connectivity index (χ1v) is 8.74. The largest absolute Gasteiger partial charge is 0.299 e. The van der Waals surface area contributed by atoms with Crippen LogP contribution < -0.4 is 0 Å². The first-order valence-electron chi connectivity index (χ1n) is 8.74. The van der Waals surface area contributed by atoms with Crippen molar-refractivity contribution in [3.8, 4) is 0 Å². The predicted molar refractivity (Wildman–Crippen MR) is 79.1 cm³/mol. The molecule has 6 unspecified atom stereocenters. The molecule has 0 aromatic rings. The van der Waals surface area contributed by atoms with Crippen LogP contribution in [0.25, 0.3) is 0 Å². The number of allylic oxidation sites excluding steroid dienone is 2. The van der Waals surface area contributed by atoms with E-state index in [-0.39, 0.29) is 5.41 Å². The van der Waals surface area contributed by atoms with Crippen LogP contribution in [0.15, 0.2) is 12.2 Å². The molecule has 1 spiro atoms. The second kappa shape index (κ2) is 3.25.